The van der Waals surface area contributed by atoms with E-state index in [1.807, 2.05) is 27.7 Å². The molecule has 0 aliphatic carbocycles. The zero-order chi connectivity index (χ0) is 13.0. The molecule has 0 aromatic carbocycles. The molecule has 0 aliphatic rings. The van der Waals surface area contributed by atoms with Crippen LogP contribution in [0.5, 0.6) is 0 Å². The Morgan fingerprint density at radius 2 is 2.18 bits per heavy atom. The third kappa shape index (κ3) is 3.07. The molecule has 1 aromatic rings. The minimum Gasteiger partial charge on any atom is -0.370 e. The Morgan fingerprint density at radius 1 is 1.53 bits per heavy atom. The van der Waals surface area contributed by atoms with Gasteiger partial charge in [0.05, 0.1) is 11.2 Å². The Balaban J connectivity index is 3.04. The molecule has 0 N–H and O–H groups in total. The SMILES string of the molecule is CCOC(C(=O)c1c(Cl)cnn1CC)C(C)C. The molecule has 0 saturated carbocycles. The lowest BCUT2D eigenvalue weighted by Gasteiger charge is -2.19. The molecule has 0 saturated heterocycles. The van der Waals surface area contributed by atoms with E-state index in [4.69, 9.17) is 16.3 Å². The minimum atomic E-state index is -0.459. The highest BCUT2D eigenvalue weighted by Crippen LogP contribution is 2.21. The maximum atomic E-state index is 12.4. The van der Waals surface area contributed by atoms with Crippen LogP contribution < -0.4 is 0 Å². The molecule has 1 aromatic heterocycles. The summed E-state index contributed by atoms with van der Waals surface area (Å²) in [5, 5.41) is 4.46. The van der Waals surface area contributed by atoms with Crippen molar-refractivity contribution in [3.05, 3.63) is 16.9 Å². The monoisotopic (exact) mass is 258 g/mol. The summed E-state index contributed by atoms with van der Waals surface area (Å²) in [6, 6.07) is 0. The van der Waals surface area contributed by atoms with E-state index < -0.39 is 6.10 Å². The summed E-state index contributed by atoms with van der Waals surface area (Å²) in [5.41, 5.74) is 0.446. The van der Waals surface area contributed by atoms with Gasteiger partial charge in [-0.05, 0) is 19.8 Å². The second-order valence-corrected chi connectivity index (χ2v) is 4.55. The molecule has 0 fully saturated rings. The van der Waals surface area contributed by atoms with Gasteiger partial charge in [-0.1, -0.05) is 25.4 Å². The highest BCUT2D eigenvalue weighted by Gasteiger charge is 2.28. The summed E-state index contributed by atoms with van der Waals surface area (Å²) < 4.78 is 7.10. The Hall–Kier alpha value is -0.870. The first kappa shape index (κ1) is 14.2. The van der Waals surface area contributed by atoms with Crippen LogP contribution in [0.3, 0.4) is 0 Å². The summed E-state index contributed by atoms with van der Waals surface area (Å²) in [6.45, 7) is 8.83. The minimum absolute atomic E-state index is 0.0915. The number of rotatable bonds is 6. The lowest BCUT2D eigenvalue weighted by Crippen LogP contribution is -2.31. The number of ether oxygens (including phenoxy) is 1. The van der Waals surface area contributed by atoms with Gasteiger partial charge < -0.3 is 4.74 Å². The summed E-state index contributed by atoms with van der Waals surface area (Å²) in [4.78, 5) is 12.4. The fraction of sp³-hybridized carbons (Fsp3) is 0.667. The van der Waals surface area contributed by atoms with Gasteiger partial charge in [-0.2, -0.15) is 5.10 Å². The molecule has 4 nitrogen and oxygen atoms in total. The largest absolute Gasteiger partial charge is 0.370 e. The zero-order valence-electron chi connectivity index (χ0n) is 10.7. The predicted octanol–water partition coefficient (Wildman–Crippen LogP) is 2.80. The highest BCUT2D eigenvalue weighted by atomic mass is 35.5. The van der Waals surface area contributed by atoms with Gasteiger partial charge in [-0.3, -0.25) is 9.48 Å². The lowest BCUT2D eigenvalue weighted by atomic mass is 10.0. The topological polar surface area (TPSA) is 44.1 Å². The van der Waals surface area contributed by atoms with Gasteiger partial charge >= 0.3 is 0 Å². The van der Waals surface area contributed by atoms with Crippen molar-refractivity contribution in [3.63, 3.8) is 0 Å². The Kier molecular flexibility index (Phi) is 5.15. The smallest absolute Gasteiger partial charge is 0.211 e. The van der Waals surface area contributed by atoms with Crippen LogP contribution in [-0.2, 0) is 11.3 Å². The molecule has 0 amide bonds. The zero-order valence-corrected chi connectivity index (χ0v) is 11.5. The molecule has 1 unspecified atom stereocenters. The molecule has 96 valence electrons. The number of aromatic nitrogens is 2. The average Bonchev–Trinajstić information content (AvgIpc) is 2.66. The van der Waals surface area contributed by atoms with Gasteiger partial charge in [0.2, 0.25) is 5.78 Å². The maximum absolute atomic E-state index is 12.4. The summed E-state index contributed by atoms with van der Waals surface area (Å²) in [5.74, 6) is 0.0184. The van der Waals surface area contributed by atoms with Gasteiger partial charge in [0.25, 0.3) is 0 Å². The summed E-state index contributed by atoms with van der Waals surface area (Å²) in [7, 11) is 0. The van der Waals surface area contributed by atoms with Gasteiger partial charge in [0, 0.05) is 13.2 Å². The quantitative estimate of drug-likeness (QED) is 0.737. The van der Waals surface area contributed by atoms with Crippen molar-refractivity contribution in [1.82, 2.24) is 9.78 Å². The van der Waals surface area contributed by atoms with Crippen molar-refractivity contribution >= 4 is 17.4 Å². The van der Waals surface area contributed by atoms with Crippen LogP contribution >= 0.6 is 11.6 Å². The first-order valence-corrected chi connectivity index (χ1v) is 6.27. The number of hydrogen-bond acceptors (Lipinski definition) is 3. The Labute approximate surface area is 107 Å². The number of hydrogen-bond donors (Lipinski definition) is 0. The molecule has 0 spiro atoms. The standard InChI is InChI=1S/C12H19ClN2O2/c1-5-15-10(9(13)7-14-15)11(16)12(8(3)4)17-6-2/h7-8,12H,5-6H2,1-4H3. The number of carbonyl (C=O) groups excluding carboxylic acids is 1. The van der Waals surface area contributed by atoms with Crippen LogP contribution in [0.1, 0.15) is 38.2 Å². The fourth-order valence-corrected chi connectivity index (χ4v) is 1.97. The first-order chi connectivity index (χ1) is 8.02. The van der Waals surface area contributed by atoms with Crippen LogP contribution in [0.2, 0.25) is 5.02 Å². The summed E-state index contributed by atoms with van der Waals surface area (Å²) in [6.07, 6.45) is 1.04. The van der Waals surface area contributed by atoms with Crippen molar-refractivity contribution in [1.29, 1.82) is 0 Å². The van der Waals surface area contributed by atoms with E-state index in [2.05, 4.69) is 5.10 Å². The van der Waals surface area contributed by atoms with Crippen molar-refractivity contribution < 1.29 is 9.53 Å². The maximum Gasteiger partial charge on any atom is 0.211 e. The van der Waals surface area contributed by atoms with Gasteiger partial charge in [0.15, 0.2) is 0 Å². The van der Waals surface area contributed by atoms with Crippen LogP contribution in [0.15, 0.2) is 6.20 Å². The van der Waals surface area contributed by atoms with E-state index in [0.717, 1.165) is 0 Å². The van der Waals surface area contributed by atoms with Gasteiger partial charge in [-0.15, -0.1) is 0 Å². The van der Waals surface area contributed by atoms with Crippen LogP contribution in [0.4, 0.5) is 0 Å². The second kappa shape index (κ2) is 6.17. The lowest BCUT2D eigenvalue weighted by molar-refractivity contribution is 0.0271. The second-order valence-electron chi connectivity index (χ2n) is 4.14. The van der Waals surface area contributed by atoms with E-state index in [1.165, 1.54) is 6.20 Å². The van der Waals surface area contributed by atoms with E-state index >= 15 is 0 Å². The number of ketones is 1. The van der Waals surface area contributed by atoms with Crippen molar-refractivity contribution in [3.8, 4) is 0 Å². The highest BCUT2D eigenvalue weighted by molar-refractivity contribution is 6.33. The van der Waals surface area contributed by atoms with E-state index in [0.29, 0.717) is 23.9 Å². The summed E-state index contributed by atoms with van der Waals surface area (Å²) >= 11 is 6.01. The van der Waals surface area contributed by atoms with Crippen LogP contribution in [-0.4, -0.2) is 28.3 Å². The molecule has 0 bridgehead atoms. The molecule has 5 heteroatoms. The van der Waals surface area contributed by atoms with Gasteiger partial charge in [0.1, 0.15) is 11.8 Å². The Bertz CT molecular complexity index is 388. The number of nitrogens with zero attached hydrogens (tertiary/aromatic N) is 2. The molecule has 1 heterocycles. The first-order valence-electron chi connectivity index (χ1n) is 5.90. The van der Waals surface area contributed by atoms with Crippen LogP contribution in [0, 0.1) is 5.92 Å². The fourth-order valence-electron chi connectivity index (χ4n) is 1.73. The number of aryl methyl sites for hydroxylation is 1. The van der Waals surface area contributed by atoms with Crippen molar-refractivity contribution in [2.45, 2.75) is 40.3 Å². The molecular weight excluding hydrogens is 240 g/mol. The van der Waals surface area contributed by atoms with Gasteiger partial charge in [-0.25, -0.2) is 0 Å². The predicted molar refractivity (Wildman–Crippen MR) is 67.5 cm³/mol. The normalized spacial score (nSPS) is 13.1. The van der Waals surface area contributed by atoms with E-state index in [9.17, 15) is 4.79 Å². The Morgan fingerprint density at radius 3 is 2.65 bits per heavy atom. The van der Waals surface area contributed by atoms with Crippen LogP contribution in [0.25, 0.3) is 0 Å². The van der Waals surface area contributed by atoms with Crippen molar-refractivity contribution in [2.75, 3.05) is 6.61 Å². The molecule has 1 atom stereocenters. The number of Topliss-reactive ketones (excluding diaryl/α,β-unsaturated/α-hetero) is 1. The molecule has 0 aliphatic heterocycles. The molecular formula is C12H19ClN2O2. The third-order valence-corrected chi connectivity index (χ3v) is 2.81. The molecule has 0 radical (unpaired) electrons. The molecule has 17 heavy (non-hydrogen) atoms. The molecule has 1 rings (SSSR count). The van der Waals surface area contributed by atoms with Crippen molar-refractivity contribution in [2.24, 2.45) is 5.92 Å². The van der Waals surface area contributed by atoms with E-state index in [1.54, 1.807) is 4.68 Å². The number of halogens is 1. The van der Waals surface area contributed by atoms with E-state index in [-0.39, 0.29) is 11.7 Å². The average molecular weight is 259 g/mol. The number of carbonyl (C=O) groups is 1. The third-order valence-electron chi connectivity index (χ3n) is 2.54.